The molecule has 0 spiro atoms. The molecule has 0 unspecified atom stereocenters. The zero-order chi connectivity index (χ0) is 18.0. The number of nitrogens with two attached hydrogens (primary N) is 1. The Bertz CT molecular complexity index is 945. The predicted octanol–water partition coefficient (Wildman–Crippen LogP) is 3.13. The van der Waals surface area contributed by atoms with Gasteiger partial charge in [-0.05, 0) is 30.5 Å². The highest BCUT2D eigenvalue weighted by Crippen LogP contribution is 2.30. The van der Waals surface area contributed by atoms with Gasteiger partial charge in [0.1, 0.15) is 0 Å². The molecule has 2 N–H and O–H groups in total. The third-order valence-corrected chi connectivity index (χ3v) is 4.47. The van der Waals surface area contributed by atoms with Gasteiger partial charge in [0.2, 0.25) is 5.91 Å². The molecular weight excluding hydrogens is 318 g/mol. The van der Waals surface area contributed by atoms with Crippen molar-refractivity contribution in [2.75, 3.05) is 0 Å². The van der Waals surface area contributed by atoms with E-state index in [9.17, 15) is 14.9 Å². The third kappa shape index (κ3) is 3.38. The number of benzene rings is 2. The van der Waals surface area contributed by atoms with E-state index in [1.807, 2.05) is 25.1 Å². The lowest BCUT2D eigenvalue weighted by atomic mass is 10.1. The maximum atomic E-state index is 11.5. The lowest BCUT2D eigenvalue weighted by Crippen LogP contribution is -2.14. The van der Waals surface area contributed by atoms with Crippen LogP contribution in [0.15, 0.2) is 48.5 Å². The Labute approximate surface area is 145 Å². The number of aryl methyl sites for hydroxylation is 2. The normalized spacial score (nSPS) is 10.9. The third-order valence-electron chi connectivity index (χ3n) is 4.47. The van der Waals surface area contributed by atoms with Crippen LogP contribution in [0.1, 0.15) is 16.8 Å². The molecule has 2 aromatic carbocycles. The number of carbonyl (C=O) groups excluding carboxylic acids is 1. The molecule has 0 saturated carbocycles. The zero-order valence-electron chi connectivity index (χ0n) is 13.9. The van der Waals surface area contributed by atoms with E-state index in [1.54, 1.807) is 6.07 Å². The molecule has 0 radical (unpaired) electrons. The van der Waals surface area contributed by atoms with Crippen molar-refractivity contribution in [1.29, 1.82) is 0 Å². The number of aromatic nitrogens is 1. The van der Waals surface area contributed by atoms with Gasteiger partial charge in [0, 0.05) is 35.3 Å². The number of hydrogen-bond donors (Lipinski definition) is 1. The summed E-state index contributed by atoms with van der Waals surface area (Å²) in [4.78, 5) is 22.1. The van der Waals surface area contributed by atoms with Gasteiger partial charge in [-0.1, -0.05) is 30.3 Å². The highest BCUT2D eigenvalue weighted by atomic mass is 16.6. The molecule has 0 aliphatic heterocycles. The van der Waals surface area contributed by atoms with E-state index in [2.05, 4.69) is 16.7 Å². The molecule has 25 heavy (non-hydrogen) atoms. The molecule has 0 fully saturated rings. The van der Waals surface area contributed by atoms with Crippen LogP contribution < -0.4 is 5.73 Å². The molecule has 0 atom stereocenters. The number of hydrogen-bond acceptors (Lipinski definition) is 3. The van der Waals surface area contributed by atoms with Crippen LogP contribution in [0.25, 0.3) is 10.9 Å². The number of non-ortho nitro benzene ring substituents is 1. The number of nitrogens with zero attached hydrogens (tertiary/aromatic N) is 2. The number of nitro benzene ring substituents is 1. The second-order valence-electron chi connectivity index (χ2n) is 6.05. The average molecular weight is 337 g/mol. The van der Waals surface area contributed by atoms with Crippen LogP contribution in [0.3, 0.4) is 0 Å². The average Bonchev–Trinajstić information content (AvgIpc) is 2.85. The van der Waals surface area contributed by atoms with Crippen molar-refractivity contribution in [1.82, 2.24) is 4.57 Å². The zero-order valence-corrected chi connectivity index (χ0v) is 13.9. The van der Waals surface area contributed by atoms with E-state index >= 15 is 0 Å². The fourth-order valence-corrected chi connectivity index (χ4v) is 3.22. The van der Waals surface area contributed by atoms with E-state index in [0.717, 1.165) is 35.1 Å². The largest absolute Gasteiger partial charge is 0.369 e. The van der Waals surface area contributed by atoms with Gasteiger partial charge < -0.3 is 10.3 Å². The minimum Gasteiger partial charge on any atom is -0.369 e. The van der Waals surface area contributed by atoms with Gasteiger partial charge in [-0.3, -0.25) is 14.9 Å². The Balaban J connectivity index is 2.06. The molecule has 3 rings (SSSR count). The van der Waals surface area contributed by atoms with E-state index in [4.69, 9.17) is 5.73 Å². The summed E-state index contributed by atoms with van der Waals surface area (Å²) in [6.07, 6.45) is 0.903. The van der Waals surface area contributed by atoms with Crippen LogP contribution in [0, 0.1) is 17.0 Å². The van der Waals surface area contributed by atoms with E-state index in [1.165, 1.54) is 17.7 Å². The van der Waals surface area contributed by atoms with Crippen molar-refractivity contribution in [2.24, 2.45) is 5.73 Å². The second kappa shape index (κ2) is 6.76. The van der Waals surface area contributed by atoms with E-state index in [-0.39, 0.29) is 12.1 Å². The minimum absolute atomic E-state index is 0.0124. The maximum absolute atomic E-state index is 11.5. The molecule has 128 valence electrons. The van der Waals surface area contributed by atoms with Crippen LogP contribution >= 0.6 is 0 Å². The first-order valence-corrected chi connectivity index (χ1v) is 8.05. The summed E-state index contributed by atoms with van der Waals surface area (Å²) in [6.45, 7) is 2.65. The van der Waals surface area contributed by atoms with Crippen LogP contribution in [0.4, 0.5) is 5.69 Å². The first-order chi connectivity index (χ1) is 12.0. The lowest BCUT2D eigenvalue weighted by molar-refractivity contribution is -0.384. The molecule has 0 saturated heterocycles. The molecule has 6 heteroatoms. The smallest absolute Gasteiger partial charge is 0.270 e. The predicted molar refractivity (Wildman–Crippen MR) is 96.4 cm³/mol. The van der Waals surface area contributed by atoms with Crippen molar-refractivity contribution in [3.8, 4) is 0 Å². The number of primary amides is 1. The van der Waals surface area contributed by atoms with Crippen molar-refractivity contribution in [3.05, 3.63) is 75.5 Å². The molecule has 3 aromatic rings. The van der Waals surface area contributed by atoms with Gasteiger partial charge >= 0.3 is 0 Å². The monoisotopic (exact) mass is 337 g/mol. The summed E-state index contributed by atoms with van der Waals surface area (Å²) in [5, 5.41) is 11.8. The summed E-state index contributed by atoms with van der Waals surface area (Å²) >= 11 is 0. The number of rotatable bonds is 6. The van der Waals surface area contributed by atoms with Gasteiger partial charge in [0.15, 0.2) is 0 Å². The van der Waals surface area contributed by atoms with Gasteiger partial charge in [0.05, 0.1) is 11.3 Å². The molecule has 1 amide bonds. The molecular formula is C19H19N3O3. The van der Waals surface area contributed by atoms with Crippen molar-refractivity contribution < 1.29 is 9.72 Å². The lowest BCUT2D eigenvalue weighted by Gasteiger charge is -2.09. The van der Waals surface area contributed by atoms with Crippen LogP contribution in [-0.2, 0) is 24.2 Å². The highest BCUT2D eigenvalue weighted by molar-refractivity contribution is 5.91. The van der Waals surface area contributed by atoms with E-state index in [0.29, 0.717) is 0 Å². The van der Waals surface area contributed by atoms with E-state index < -0.39 is 10.8 Å². The fourth-order valence-electron chi connectivity index (χ4n) is 3.22. The van der Waals surface area contributed by atoms with Crippen molar-refractivity contribution >= 4 is 22.5 Å². The van der Waals surface area contributed by atoms with Gasteiger partial charge in [-0.2, -0.15) is 0 Å². The molecule has 1 heterocycles. The first-order valence-electron chi connectivity index (χ1n) is 8.05. The number of carbonyl (C=O) groups is 1. The highest BCUT2D eigenvalue weighted by Gasteiger charge is 2.18. The fraction of sp³-hybridized carbons (Fsp3) is 0.211. The summed E-state index contributed by atoms with van der Waals surface area (Å²) in [7, 11) is 0. The van der Waals surface area contributed by atoms with Gasteiger partial charge in [0.25, 0.3) is 5.69 Å². The quantitative estimate of drug-likeness (QED) is 0.553. The second-order valence-corrected chi connectivity index (χ2v) is 6.05. The maximum Gasteiger partial charge on any atom is 0.270 e. The van der Waals surface area contributed by atoms with Crippen LogP contribution in [0.2, 0.25) is 0 Å². The molecule has 0 aliphatic carbocycles. The Morgan fingerprint density at radius 2 is 1.92 bits per heavy atom. The Hall–Kier alpha value is -3.15. The first kappa shape index (κ1) is 16.7. The SMILES string of the molecule is Cc1c(CC(N)=O)c2cc([N+](=O)[O-])ccc2n1CCc1ccccc1. The summed E-state index contributed by atoms with van der Waals surface area (Å²) < 4.78 is 2.10. The number of fused-ring (bicyclic) bond motifs is 1. The van der Waals surface area contributed by atoms with Crippen LogP contribution in [0.5, 0.6) is 0 Å². The van der Waals surface area contributed by atoms with Crippen LogP contribution in [-0.4, -0.2) is 15.4 Å². The van der Waals surface area contributed by atoms with Gasteiger partial charge in [-0.25, -0.2) is 0 Å². The summed E-state index contributed by atoms with van der Waals surface area (Å²) in [6, 6.07) is 14.9. The Kier molecular flexibility index (Phi) is 4.52. The Morgan fingerprint density at radius 3 is 2.56 bits per heavy atom. The Morgan fingerprint density at radius 1 is 1.20 bits per heavy atom. The summed E-state index contributed by atoms with van der Waals surface area (Å²) in [5.74, 6) is -0.447. The van der Waals surface area contributed by atoms with Gasteiger partial charge in [-0.15, -0.1) is 0 Å². The molecule has 1 aromatic heterocycles. The molecule has 0 bridgehead atoms. The standard InChI is InChI=1S/C19H19N3O3/c1-13-16(12-19(20)23)17-11-15(22(24)25)7-8-18(17)21(13)10-9-14-5-3-2-4-6-14/h2-8,11H,9-10,12H2,1H3,(H2,20,23). The number of nitro groups is 1. The molecule has 0 aliphatic rings. The number of amides is 1. The topological polar surface area (TPSA) is 91.2 Å². The molecule has 6 nitrogen and oxygen atoms in total. The summed E-state index contributed by atoms with van der Waals surface area (Å²) in [5.41, 5.74) is 9.17. The van der Waals surface area contributed by atoms with Crippen molar-refractivity contribution in [3.63, 3.8) is 0 Å². The minimum atomic E-state index is -0.447. The van der Waals surface area contributed by atoms with Crippen molar-refractivity contribution in [2.45, 2.75) is 26.3 Å².